The van der Waals surface area contributed by atoms with Crippen molar-refractivity contribution < 1.29 is 9.47 Å². The zero-order chi connectivity index (χ0) is 23.3. The Hall–Kier alpha value is -2.44. The molecule has 182 valence electrons. The van der Waals surface area contributed by atoms with Crippen LogP contribution in [0.15, 0.2) is 41.8 Å². The Morgan fingerprint density at radius 2 is 1.65 bits per heavy atom. The Morgan fingerprint density at radius 1 is 0.853 bits per heavy atom. The molecule has 34 heavy (non-hydrogen) atoms. The molecule has 0 bridgehead atoms. The van der Waals surface area contributed by atoms with Gasteiger partial charge in [-0.1, -0.05) is 6.07 Å². The van der Waals surface area contributed by atoms with E-state index in [1.807, 2.05) is 11.3 Å². The highest BCUT2D eigenvalue weighted by molar-refractivity contribution is 7.17. The highest BCUT2D eigenvalue weighted by atomic mass is 32.1. The molecule has 5 rings (SSSR count). The maximum absolute atomic E-state index is 6.19. The van der Waals surface area contributed by atoms with Gasteiger partial charge in [-0.15, -0.1) is 11.3 Å². The first kappa shape index (κ1) is 23.3. The van der Waals surface area contributed by atoms with E-state index in [4.69, 9.17) is 9.47 Å². The molecule has 0 atom stereocenters. The molecule has 6 heteroatoms. The average Bonchev–Trinajstić information content (AvgIpc) is 3.37. The van der Waals surface area contributed by atoms with Crippen molar-refractivity contribution in [2.75, 3.05) is 69.3 Å². The smallest absolute Gasteiger partial charge is 0.165 e. The largest absolute Gasteiger partial charge is 0.493 e. The van der Waals surface area contributed by atoms with Crippen LogP contribution in [0.5, 0.6) is 11.5 Å². The number of hydrogen-bond acceptors (Lipinski definition) is 6. The van der Waals surface area contributed by atoms with Gasteiger partial charge in [-0.25, -0.2) is 0 Å². The SMILES string of the molecule is COc1c(OCCCN2CCN(c3cccc4sccc34)CC2)ccc(N2CCCCC2)c1C. The topological polar surface area (TPSA) is 28.2 Å². The first-order chi connectivity index (χ1) is 16.7. The fourth-order valence-corrected chi connectivity index (χ4v) is 6.25. The maximum atomic E-state index is 6.19. The van der Waals surface area contributed by atoms with Gasteiger partial charge in [-0.05, 0) is 68.3 Å². The molecule has 3 heterocycles. The van der Waals surface area contributed by atoms with Crippen LogP contribution in [0.3, 0.4) is 0 Å². The van der Waals surface area contributed by atoms with Crippen LogP contribution in [0.25, 0.3) is 10.1 Å². The van der Waals surface area contributed by atoms with Crippen molar-refractivity contribution in [1.29, 1.82) is 0 Å². The molecule has 0 aliphatic carbocycles. The third-order valence-corrected chi connectivity index (χ3v) is 8.19. The van der Waals surface area contributed by atoms with Crippen molar-refractivity contribution in [3.63, 3.8) is 0 Å². The Morgan fingerprint density at radius 3 is 2.44 bits per heavy atom. The van der Waals surface area contributed by atoms with Crippen LogP contribution in [0.4, 0.5) is 11.4 Å². The van der Waals surface area contributed by atoms with E-state index in [9.17, 15) is 0 Å². The van der Waals surface area contributed by atoms with E-state index in [1.165, 1.54) is 46.3 Å². The fraction of sp³-hybridized carbons (Fsp3) is 0.500. The van der Waals surface area contributed by atoms with Crippen LogP contribution in [-0.4, -0.2) is 64.4 Å². The van der Waals surface area contributed by atoms with E-state index >= 15 is 0 Å². The molecular formula is C28H37N3O2S. The lowest BCUT2D eigenvalue weighted by atomic mass is 10.1. The quantitative estimate of drug-likeness (QED) is 0.381. The molecule has 0 saturated carbocycles. The third-order valence-electron chi connectivity index (χ3n) is 7.30. The van der Waals surface area contributed by atoms with Crippen LogP contribution >= 0.6 is 11.3 Å². The molecule has 0 N–H and O–H groups in total. The summed E-state index contributed by atoms with van der Waals surface area (Å²) >= 11 is 1.83. The molecule has 0 amide bonds. The van der Waals surface area contributed by atoms with E-state index in [0.717, 1.165) is 63.7 Å². The summed E-state index contributed by atoms with van der Waals surface area (Å²) in [5, 5.41) is 3.59. The van der Waals surface area contributed by atoms with Gasteiger partial charge in [0.1, 0.15) is 0 Å². The lowest BCUT2D eigenvalue weighted by Gasteiger charge is -2.36. The van der Waals surface area contributed by atoms with Crippen molar-refractivity contribution >= 4 is 32.8 Å². The second-order valence-corrected chi connectivity index (χ2v) is 10.4. The monoisotopic (exact) mass is 479 g/mol. The zero-order valence-electron chi connectivity index (χ0n) is 20.6. The number of nitrogens with zero attached hydrogens (tertiary/aromatic N) is 3. The zero-order valence-corrected chi connectivity index (χ0v) is 21.4. The van der Waals surface area contributed by atoms with E-state index in [-0.39, 0.29) is 0 Å². The van der Waals surface area contributed by atoms with Gasteiger partial charge in [0.15, 0.2) is 11.5 Å². The van der Waals surface area contributed by atoms with Crippen LogP contribution in [0.2, 0.25) is 0 Å². The number of thiophene rings is 1. The predicted octanol–water partition coefficient (Wildman–Crippen LogP) is 5.80. The van der Waals surface area contributed by atoms with Gasteiger partial charge >= 0.3 is 0 Å². The van der Waals surface area contributed by atoms with E-state index in [0.29, 0.717) is 6.61 Å². The van der Waals surface area contributed by atoms with E-state index in [1.54, 1.807) is 7.11 Å². The molecule has 2 aliphatic rings. The Labute approximate surface area is 207 Å². The van der Waals surface area contributed by atoms with Crippen LogP contribution in [0, 0.1) is 6.92 Å². The summed E-state index contributed by atoms with van der Waals surface area (Å²) in [6.07, 6.45) is 4.92. The number of anilines is 2. The first-order valence-corrected chi connectivity index (χ1v) is 13.6. The number of piperidine rings is 1. The van der Waals surface area contributed by atoms with Gasteiger partial charge in [0.25, 0.3) is 0 Å². The lowest BCUT2D eigenvalue weighted by Crippen LogP contribution is -2.46. The second-order valence-electron chi connectivity index (χ2n) is 9.43. The van der Waals surface area contributed by atoms with Crippen molar-refractivity contribution in [3.8, 4) is 11.5 Å². The summed E-state index contributed by atoms with van der Waals surface area (Å²) in [5.41, 5.74) is 3.87. The van der Waals surface area contributed by atoms with E-state index < -0.39 is 0 Å². The molecular weight excluding hydrogens is 442 g/mol. The lowest BCUT2D eigenvalue weighted by molar-refractivity contribution is 0.221. The number of piperazine rings is 1. The van der Waals surface area contributed by atoms with Crippen LogP contribution in [0.1, 0.15) is 31.2 Å². The third kappa shape index (κ3) is 4.98. The summed E-state index contributed by atoms with van der Waals surface area (Å²) in [6.45, 7) is 10.6. The van der Waals surface area contributed by atoms with Gasteiger partial charge in [0.2, 0.25) is 0 Å². The molecule has 2 aliphatic heterocycles. The molecule has 0 spiro atoms. The van der Waals surface area contributed by atoms with Crippen molar-refractivity contribution in [1.82, 2.24) is 4.90 Å². The van der Waals surface area contributed by atoms with Crippen LogP contribution < -0.4 is 19.3 Å². The van der Waals surface area contributed by atoms with Gasteiger partial charge in [-0.3, -0.25) is 4.90 Å². The number of fused-ring (bicyclic) bond motifs is 1. The predicted molar refractivity (Wildman–Crippen MR) is 144 cm³/mol. The molecule has 0 unspecified atom stereocenters. The van der Waals surface area contributed by atoms with Gasteiger partial charge in [-0.2, -0.15) is 0 Å². The minimum Gasteiger partial charge on any atom is -0.493 e. The Balaban J connectivity index is 1.10. The maximum Gasteiger partial charge on any atom is 0.165 e. The number of ether oxygens (including phenoxy) is 2. The van der Waals surface area contributed by atoms with Gasteiger partial charge < -0.3 is 19.3 Å². The molecule has 3 aromatic rings. The average molecular weight is 480 g/mol. The Kier molecular flexibility index (Phi) is 7.45. The van der Waals surface area contributed by atoms with Gasteiger partial charge in [0.05, 0.1) is 13.7 Å². The number of methoxy groups -OCH3 is 1. The normalized spacial score (nSPS) is 17.4. The minimum absolute atomic E-state index is 0.716. The number of rotatable bonds is 8. The fourth-order valence-electron chi connectivity index (χ4n) is 5.44. The molecule has 1 aromatic heterocycles. The minimum atomic E-state index is 0.716. The summed E-state index contributed by atoms with van der Waals surface area (Å²) in [7, 11) is 1.76. The summed E-state index contributed by atoms with van der Waals surface area (Å²) < 4.78 is 13.3. The van der Waals surface area contributed by atoms with Gasteiger partial charge in [0, 0.05) is 72.8 Å². The summed E-state index contributed by atoms with van der Waals surface area (Å²) in [4.78, 5) is 7.60. The Bertz CT molecular complexity index is 1080. The standard InChI is InChI=1S/C28H37N3O2S/c1-22-24(30-14-4-3-5-15-30)10-11-26(28(22)32-2)33-20-7-13-29-16-18-31(19-17-29)25-8-6-9-27-23(25)12-21-34-27/h6,8-12,21H,3-5,7,13-20H2,1-2H3. The highest BCUT2D eigenvalue weighted by Gasteiger charge is 2.20. The molecule has 2 saturated heterocycles. The molecule has 2 fully saturated rings. The molecule has 5 nitrogen and oxygen atoms in total. The molecule has 2 aromatic carbocycles. The second kappa shape index (κ2) is 10.9. The van der Waals surface area contributed by atoms with Crippen LogP contribution in [-0.2, 0) is 0 Å². The van der Waals surface area contributed by atoms with Crippen molar-refractivity contribution in [2.24, 2.45) is 0 Å². The first-order valence-electron chi connectivity index (χ1n) is 12.7. The number of benzene rings is 2. The van der Waals surface area contributed by atoms with E-state index in [2.05, 4.69) is 63.4 Å². The highest BCUT2D eigenvalue weighted by Crippen LogP contribution is 2.38. The van der Waals surface area contributed by atoms with Crippen molar-refractivity contribution in [2.45, 2.75) is 32.6 Å². The number of hydrogen-bond donors (Lipinski definition) is 0. The van der Waals surface area contributed by atoms with Crippen molar-refractivity contribution in [3.05, 3.63) is 47.3 Å². The summed E-state index contributed by atoms with van der Waals surface area (Å²) in [5.74, 6) is 1.76. The summed E-state index contributed by atoms with van der Waals surface area (Å²) in [6, 6.07) is 13.2. The molecule has 0 radical (unpaired) electrons.